The molecule has 0 heterocycles. The van der Waals surface area contributed by atoms with E-state index in [0.717, 1.165) is 5.56 Å². The minimum absolute atomic E-state index is 0.181. The van der Waals surface area contributed by atoms with Gasteiger partial charge in [-0.3, -0.25) is 4.79 Å². The van der Waals surface area contributed by atoms with Crippen LogP contribution in [0.5, 0.6) is 0 Å². The van der Waals surface area contributed by atoms with E-state index in [1.165, 1.54) is 6.08 Å². The monoisotopic (exact) mass is 262 g/mol. The average Bonchev–Trinajstić information content (AvgIpc) is 2.39. The van der Waals surface area contributed by atoms with E-state index in [-0.39, 0.29) is 6.42 Å². The number of nitrogens with two attached hydrogens (primary N) is 1. The van der Waals surface area contributed by atoms with Crippen molar-refractivity contribution in [1.82, 2.24) is 5.32 Å². The summed E-state index contributed by atoms with van der Waals surface area (Å²) in [6, 6.07) is 6.06. The molecule has 0 saturated heterocycles. The van der Waals surface area contributed by atoms with Crippen LogP contribution in [0.2, 0.25) is 0 Å². The molecule has 0 aliphatic rings. The summed E-state index contributed by atoms with van der Waals surface area (Å²) in [7, 11) is 0. The summed E-state index contributed by atoms with van der Waals surface area (Å²) < 4.78 is 0. The maximum Gasteiger partial charge on any atom is 0.326 e. The first-order valence-corrected chi connectivity index (χ1v) is 6.02. The largest absolute Gasteiger partial charge is 0.480 e. The quantitative estimate of drug-likeness (QED) is 0.638. The molecule has 1 unspecified atom stereocenters. The molecule has 102 valence electrons. The van der Waals surface area contributed by atoms with Crippen molar-refractivity contribution in [1.29, 1.82) is 0 Å². The zero-order chi connectivity index (χ0) is 14.3. The Kier molecular flexibility index (Phi) is 5.75. The fourth-order valence-corrected chi connectivity index (χ4v) is 1.74. The molecule has 5 nitrogen and oxygen atoms in total. The predicted molar refractivity (Wildman–Crippen MR) is 72.9 cm³/mol. The first-order chi connectivity index (χ1) is 9.10. The number of carboxylic acids is 1. The second-order valence-corrected chi connectivity index (χ2v) is 4.08. The molecule has 0 saturated carbocycles. The molecule has 1 rings (SSSR count). The first kappa shape index (κ1) is 14.9. The van der Waals surface area contributed by atoms with Crippen molar-refractivity contribution in [3.63, 3.8) is 0 Å². The molecular formula is C14H18N2O3. The number of carbonyl (C=O) groups excluding carboxylic acids is 1. The number of nitrogens with one attached hydrogen (secondary N) is 1. The number of aliphatic carboxylic acids is 1. The average molecular weight is 262 g/mol. The third kappa shape index (κ3) is 4.22. The van der Waals surface area contributed by atoms with Crippen molar-refractivity contribution in [2.24, 2.45) is 5.73 Å². The van der Waals surface area contributed by atoms with Crippen LogP contribution in [0.25, 0.3) is 0 Å². The highest BCUT2D eigenvalue weighted by atomic mass is 16.4. The Morgan fingerprint density at radius 2 is 2.11 bits per heavy atom. The van der Waals surface area contributed by atoms with Crippen LogP contribution in [0.1, 0.15) is 22.3 Å². The summed E-state index contributed by atoms with van der Waals surface area (Å²) in [5.41, 5.74) is 6.76. The molecular weight excluding hydrogens is 244 g/mol. The summed E-state index contributed by atoms with van der Waals surface area (Å²) in [4.78, 5) is 23.1. The van der Waals surface area contributed by atoms with Gasteiger partial charge in [0, 0.05) is 5.56 Å². The third-order valence-electron chi connectivity index (χ3n) is 2.68. The van der Waals surface area contributed by atoms with Crippen LogP contribution in [0.3, 0.4) is 0 Å². The topological polar surface area (TPSA) is 92.4 Å². The van der Waals surface area contributed by atoms with Crippen LogP contribution in [-0.2, 0) is 11.2 Å². The van der Waals surface area contributed by atoms with Gasteiger partial charge in [-0.2, -0.15) is 0 Å². The van der Waals surface area contributed by atoms with Crippen molar-refractivity contribution in [3.05, 3.63) is 48.0 Å². The summed E-state index contributed by atoms with van der Waals surface area (Å²) >= 11 is 0. The van der Waals surface area contributed by atoms with Gasteiger partial charge in [0.25, 0.3) is 5.91 Å². The minimum Gasteiger partial charge on any atom is -0.480 e. The third-order valence-corrected chi connectivity index (χ3v) is 2.68. The van der Waals surface area contributed by atoms with Gasteiger partial charge in [-0.05, 0) is 31.0 Å². The normalized spacial score (nSPS) is 11.6. The van der Waals surface area contributed by atoms with Gasteiger partial charge in [-0.1, -0.05) is 24.3 Å². The molecule has 1 atom stereocenters. The number of rotatable bonds is 7. The Bertz CT molecular complexity index is 472. The summed E-state index contributed by atoms with van der Waals surface area (Å²) in [5, 5.41) is 11.5. The van der Waals surface area contributed by atoms with E-state index in [4.69, 9.17) is 10.8 Å². The number of amides is 1. The van der Waals surface area contributed by atoms with Crippen molar-refractivity contribution >= 4 is 11.9 Å². The number of benzene rings is 1. The Morgan fingerprint density at radius 3 is 2.68 bits per heavy atom. The number of hydrogen-bond donors (Lipinski definition) is 3. The highest BCUT2D eigenvalue weighted by Crippen LogP contribution is 2.10. The standard InChI is InChI=1S/C14H18N2O3/c1-2-5-12(14(18)19)16-13(17)11-7-4-3-6-10(11)8-9-15/h2-4,6-7,12H,1,5,8-9,15H2,(H,16,17)(H,18,19). The van der Waals surface area contributed by atoms with Crippen LogP contribution < -0.4 is 11.1 Å². The number of hydrogen-bond acceptors (Lipinski definition) is 3. The van der Waals surface area contributed by atoms with E-state index in [1.807, 2.05) is 12.1 Å². The zero-order valence-electron chi connectivity index (χ0n) is 10.6. The Labute approximate surface area is 112 Å². The molecule has 5 heteroatoms. The minimum atomic E-state index is -1.08. The lowest BCUT2D eigenvalue weighted by Crippen LogP contribution is -2.40. The molecule has 0 aliphatic carbocycles. The second-order valence-electron chi connectivity index (χ2n) is 4.08. The Hall–Kier alpha value is -2.14. The summed E-state index contributed by atoms with van der Waals surface area (Å²) in [6.45, 7) is 3.91. The van der Waals surface area contributed by atoms with E-state index in [1.54, 1.807) is 12.1 Å². The molecule has 1 amide bonds. The molecule has 0 spiro atoms. The lowest BCUT2D eigenvalue weighted by atomic mass is 10.0. The molecule has 1 aromatic rings. The van der Waals surface area contributed by atoms with Crippen molar-refractivity contribution in [2.45, 2.75) is 18.9 Å². The molecule has 19 heavy (non-hydrogen) atoms. The van der Waals surface area contributed by atoms with Gasteiger partial charge in [0.1, 0.15) is 6.04 Å². The second kappa shape index (κ2) is 7.33. The fraction of sp³-hybridized carbons (Fsp3) is 0.286. The van der Waals surface area contributed by atoms with Crippen molar-refractivity contribution < 1.29 is 14.7 Å². The van der Waals surface area contributed by atoms with Crippen LogP contribution in [-0.4, -0.2) is 29.6 Å². The maximum atomic E-state index is 12.1. The molecule has 0 aliphatic heterocycles. The molecule has 0 radical (unpaired) electrons. The van der Waals surface area contributed by atoms with Gasteiger partial charge < -0.3 is 16.2 Å². The number of carboxylic acid groups (broad SMARTS) is 1. The van der Waals surface area contributed by atoms with Gasteiger partial charge in [-0.25, -0.2) is 4.79 Å². The lowest BCUT2D eigenvalue weighted by Gasteiger charge is -2.14. The fourth-order valence-electron chi connectivity index (χ4n) is 1.74. The van der Waals surface area contributed by atoms with E-state index in [2.05, 4.69) is 11.9 Å². The van der Waals surface area contributed by atoms with Gasteiger partial charge in [0.05, 0.1) is 0 Å². The molecule has 0 fully saturated rings. The highest BCUT2D eigenvalue weighted by Gasteiger charge is 2.20. The summed E-state index contributed by atoms with van der Waals surface area (Å²) in [5.74, 6) is -1.48. The SMILES string of the molecule is C=CCC(NC(=O)c1ccccc1CCN)C(=O)O. The van der Waals surface area contributed by atoms with Crippen molar-refractivity contribution in [3.8, 4) is 0 Å². The van der Waals surface area contributed by atoms with E-state index >= 15 is 0 Å². The zero-order valence-corrected chi connectivity index (χ0v) is 10.6. The molecule has 1 aromatic carbocycles. The van der Waals surface area contributed by atoms with E-state index < -0.39 is 17.9 Å². The van der Waals surface area contributed by atoms with Gasteiger partial charge >= 0.3 is 5.97 Å². The van der Waals surface area contributed by atoms with E-state index in [0.29, 0.717) is 18.5 Å². The van der Waals surface area contributed by atoms with Crippen LogP contribution in [0.4, 0.5) is 0 Å². The van der Waals surface area contributed by atoms with Gasteiger partial charge in [0.2, 0.25) is 0 Å². The highest BCUT2D eigenvalue weighted by molar-refractivity contribution is 5.97. The van der Waals surface area contributed by atoms with Crippen LogP contribution >= 0.6 is 0 Å². The molecule has 0 aromatic heterocycles. The number of carbonyl (C=O) groups is 2. The van der Waals surface area contributed by atoms with Crippen LogP contribution in [0.15, 0.2) is 36.9 Å². The van der Waals surface area contributed by atoms with Gasteiger partial charge in [0.15, 0.2) is 0 Å². The molecule has 0 bridgehead atoms. The lowest BCUT2D eigenvalue weighted by molar-refractivity contribution is -0.139. The Morgan fingerprint density at radius 1 is 1.42 bits per heavy atom. The predicted octanol–water partition coefficient (Wildman–Crippen LogP) is 0.947. The summed E-state index contributed by atoms with van der Waals surface area (Å²) in [6.07, 6.45) is 2.22. The smallest absolute Gasteiger partial charge is 0.326 e. The molecule has 4 N–H and O–H groups in total. The van der Waals surface area contributed by atoms with Gasteiger partial charge in [-0.15, -0.1) is 6.58 Å². The van der Waals surface area contributed by atoms with Crippen molar-refractivity contribution in [2.75, 3.05) is 6.54 Å². The van der Waals surface area contributed by atoms with Crippen LogP contribution in [0, 0.1) is 0 Å². The van der Waals surface area contributed by atoms with E-state index in [9.17, 15) is 9.59 Å². The maximum absolute atomic E-state index is 12.1. The Balaban J connectivity index is 2.87. The first-order valence-electron chi connectivity index (χ1n) is 6.02.